The van der Waals surface area contributed by atoms with Crippen molar-refractivity contribution >= 4 is 0 Å². The third-order valence-corrected chi connectivity index (χ3v) is 3.20. The van der Waals surface area contributed by atoms with Crippen LogP contribution in [0.2, 0.25) is 0 Å². The number of hydrogen-bond acceptors (Lipinski definition) is 1. The van der Waals surface area contributed by atoms with Gasteiger partial charge >= 0.3 is 0 Å². The van der Waals surface area contributed by atoms with Crippen molar-refractivity contribution < 1.29 is 0 Å². The summed E-state index contributed by atoms with van der Waals surface area (Å²) in [5.41, 5.74) is 6.38. The summed E-state index contributed by atoms with van der Waals surface area (Å²) in [6, 6.07) is 9.42. The lowest BCUT2D eigenvalue weighted by molar-refractivity contribution is 0.522. The molecule has 1 nitrogen and oxygen atoms in total. The molecule has 1 atom stereocenters. The molecule has 0 amide bonds. The van der Waals surface area contributed by atoms with E-state index < -0.39 is 0 Å². The highest BCUT2D eigenvalue weighted by molar-refractivity contribution is 5.41. The van der Waals surface area contributed by atoms with Gasteiger partial charge in [0.1, 0.15) is 0 Å². The molecule has 19 heavy (non-hydrogen) atoms. The highest BCUT2D eigenvalue weighted by atomic mass is 14.9. The maximum Gasteiger partial charge on any atom is 0.0580 e. The largest absolute Gasteiger partial charge is 0.304 e. The lowest BCUT2D eigenvalue weighted by Crippen LogP contribution is -2.30. The summed E-state index contributed by atoms with van der Waals surface area (Å²) in [5.74, 6) is 0. The van der Waals surface area contributed by atoms with Gasteiger partial charge in [-0.2, -0.15) is 0 Å². The molecule has 0 saturated heterocycles. The van der Waals surface area contributed by atoms with Gasteiger partial charge in [-0.25, -0.2) is 0 Å². The van der Waals surface area contributed by atoms with Crippen molar-refractivity contribution in [1.82, 2.24) is 5.32 Å². The zero-order valence-corrected chi connectivity index (χ0v) is 13.2. The number of benzene rings is 1. The van der Waals surface area contributed by atoms with Crippen molar-refractivity contribution in [3.8, 4) is 0 Å². The number of aryl methyl sites for hydroxylation is 1. The van der Waals surface area contributed by atoms with E-state index in [0.717, 1.165) is 5.57 Å². The first kappa shape index (κ1) is 15.7. The molecule has 0 aromatic heterocycles. The Morgan fingerprint density at radius 3 is 1.95 bits per heavy atom. The van der Waals surface area contributed by atoms with Gasteiger partial charge in [-0.15, -0.1) is 0 Å². The van der Waals surface area contributed by atoms with Crippen LogP contribution in [-0.4, -0.2) is 6.04 Å². The minimum atomic E-state index is 0.225. The fraction of sp³-hybridized carbons (Fsp3) is 0.444. The van der Waals surface area contributed by atoms with Crippen LogP contribution >= 0.6 is 0 Å². The minimum Gasteiger partial charge on any atom is -0.304 e. The molecule has 1 rings (SSSR count). The fourth-order valence-corrected chi connectivity index (χ4v) is 2.40. The Balaban J connectivity index is 3.25. The Morgan fingerprint density at radius 2 is 1.58 bits per heavy atom. The Morgan fingerprint density at radius 1 is 1.05 bits per heavy atom. The van der Waals surface area contributed by atoms with Crippen LogP contribution in [0.15, 0.2) is 47.6 Å². The van der Waals surface area contributed by atoms with Gasteiger partial charge in [-0.3, -0.25) is 0 Å². The zero-order chi connectivity index (χ0) is 14.6. The molecule has 0 fully saturated rings. The molecule has 1 aromatic rings. The molecule has 104 valence electrons. The first-order valence-electron chi connectivity index (χ1n) is 6.98. The predicted octanol–water partition coefficient (Wildman–Crippen LogP) is 4.95. The van der Waals surface area contributed by atoms with Crippen molar-refractivity contribution in [3.05, 3.63) is 58.7 Å². The van der Waals surface area contributed by atoms with Gasteiger partial charge in [0.05, 0.1) is 6.04 Å². The van der Waals surface area contributed by atoms with Crippen LogP contribution in [0.4, 0.5) is 0 Å². The molecule has 0 bridgehead atoms. The van der Waals surface area contributed by atoms with E-state index in [4.69, 9.17) is 0 Å². The molecule has 0 aliphatic heterocycles. The topological polar surface area (TPSA) is 12.0 Å². The van der Waals surface area contributed by atoms with Crippen molar-refractivity contribution in [2.24, 2.45) is 0 Å². The van der Waals surface area contributed by atoms with E-state index in [0.29, 0.717) is 6.04 Å². The molecule has 1 aromatic carbocycles. The molecule has 0 saturated carbocycles. The van der Waals surface area contributed by atoms with Crippen molar-refractivity contribution in [1.29, 1.82) is 0 Å². The molecule has 1 unspecified atom stereocenters. The molecule has 0 aliphatic carbocycles. The summed E-state index contributed by atoms with van der Waals surface area (Å²) in [6.07, 6.45) is 0. The van der Waals surface area contributed by atoms with E-state index in [1.807, 2.05) is 0 Å². The molecule has 0 aliphatic rings. The lowest BCUT2D eigenvalue weighted by Gasteiger charge is -2.26. The maximum absolute atomic E-state index is 4.15. The zero-order valence-electron chi connectivity index (χ0n) is 13.2. The summed E-state index contributed by atoms with van der Waals surface area (Å²) >= 11 is 0. The third kappa shape index (κ3) is 4.36. The maximum atomic E-state index is 4.15. The van der Waals surface area contributed by atoms with Gasteiger partial charge < -0.3 is 5.32 Å². The smallest absolute Gasteiger partial charge is 0.0580 e. The van der Waals surface area contributed by atoms with Gasteiger partial charge in [0, 0.05) is 6.04 Å². The van der Waals surface area contributed by atoms with Crippen molar-refractivity contribution in [3.63, 3.8) is 0 Å². The van der Waals surface area contributed by atoms with E-state index in [-0.39, 0.29) is 6.04 Å². The first-order chi connectivity index (χ1) is 8.82. The monoisotopic (exact) mass is 257 g/mol. The Labute approximate surface area is 118 Å². The average Bonchev–Trinajstić information content (AvgIpc) is 2.27. The van der Waals surface area contributed by atoms with Gasteiger partial charge in [-0.1, -0.05) is 47.6 Å². The molecular formula is C18H27N. The summed E-state index contributed by atoms with van der Waals surface area (Å²) < 4.78 is 0. The standard InChI is InChI=1S/C18H27N/c1-12(2)17(13(3)4)18(19-14(5)6)16-10-8-15(7)9-11-16/h8-11,14,18-19H,1H2,2-7H3. The van der Waals surface area contributed by atoms with Gasteiger partial charge in [0.25, 0.3) is 0 Å². The summed E-state index contributed by atoms with van der Waals surface area (Å²) in [7, 11) is 0. The highest BCUT2D eigenvalue weighted by Crippen LogP contribution is 2.29. The van der Waals surface area contributed by atoms with E-state index in [9.17, 15) is 0 Å². The average molecular weight is 257 g/mol. The summed E-state index contributed by atoms with van der Waals surface area (Å²) in [6.45, 7) is 17.0. The van der Waals surface area contributed by atoms with Gasteiger partial charge in [0.2, 0.25) is 0 Å². The Kier molecular flexibility index (Phi) is 5.56. The third-order valence-electron chi connectivity index (χ3n) is 3.20. The van der Waals surface area contributed by atoms with Crippen LogP contribution in [0.1, 0.15) is 51.8 Å². The van der Waals surface area contributed by atoms with Crippen LogP contribution in [0, 0.1) is 6.92 Å². The van der Waals surface area contributed by atoms with Crippen LogP contribution < -0.4 is 5.32 Å². The van der Waals surface area contributed by atoms with Crippen LogP contribution in [0.5, 0.6) is 0 Å². The normalized spacial score (nSPS) is 12.4. The number of nitrogens with one attached hydrogen (secondary N) is 1. The summed E-state index contributed by atoms with van der Waals surface area (Å²) in [5, 5.41) is 3.66. The fourth-order valence-electron chi connectivity index (χ4n) is 2.40. The molecule has 1 heteroatoms. The van der Waals surface area contributed by atoms with E-state index in [1.54, 1.807) is 0 Å². The number of allylic oxidation sites excluding steroid dienone is 1. The SMILES string of the molecule is C=C(C)C(=C(C)C)C(NC(C)C)c1ccc(C)cc1. The van der Waals surface area contributed by atoms with Crippen molar-refractivity contribution in [2.45, 2.75) is 53.6 Å². The minimum absolute atomic E-state index is 0.225. The van der Waals surface area contributed by atoms with Crippen LogP contribution in [0.25, 0.3) is 0 Å². The molecule has 0 heterocycles. The van der Waals surface area contributed by atoms with E-state index in [1.165, 1.54) is 22.3 Å². The first-order valence-corrected chi connectivity index (χ1v) is 6.98. The van der Waals surface area contributed by atoms with E-state index in [2.05, 4.69) is 77.7 Å². The molecular weight excluding hydrogens is 230 g/mol. The Hall–Kier alpha value is -1.34. The second-order valence-corrected chi connectivity index (χ2v) is 5.86. The lowest BCUT2D eigenvalue weighted by atomic mass is 9.90. The van der Waals surface area contributed by atoms with Crippen LogP contribution in [0.3, 0.4) is 0 Å². The number of hydrogen-bond donors (Lipinski definition) is 1. The molecule has 1 N–H and O–H groups in total. The Bertz CT molecular complexity index is 459. The molecule has 0 spiro atoms. The van der Waals surface area contributed by atoms with Crippen LogP contribution in [-0.2, 0) is 0 Å². The van der Waals surface area contributed by atoms with E-state index >= 15 is 0 Å². The number of rotatable bonds is 5. The molecule has 0 radical (unpaired) electrons. The second kappa shape index (κ2) is 6.72. The van der Waals surface area contributed by atoms with Crippen molar-refractivity contribution in [2.75, 3.05) is 0 Å². The second-order valence-electron chi connectivity index (χ2n) is 5.86. The quantitative estimate of drug-likeness (QED) is 0.736. The van der Waals surface area contributed by atoms with Gasteiger partial charge in [-0.05, 0) is 52.7 Å². The van der Waals surface area contributed by atoms with Gasteiger partial charge in [0.15, 0.2) is 0 Å². The summed E-state index contributed by atoms with van der Waals surface area (Å²) in [4.78, 5) is 0. The predicted molar refractivity (Wildman–Crippen MR) is 85.4 cm³/mol. The highest BCUT2D eigenvalue weighted by Gasteiger charge is 2.19.